The van der Waals surface area contributed by atoms with Gasteiger partial charge in [-0.1, -0.05) is 34.6 Å². The predicted octanol–water partition coefficient (Wildman–Crippen LogP) is 3.31. The molecule has 0 spiro atoms. The Balaban J connectivity index is 2.78. The molecule has 1 amide bonds. The lowest BCUT2D eigenvalue weighted by Crippen LogP contribution is -2.61. The first-order valence-corrected chi connectivity index (χ1v) is 17.4. The average Bonchev–Trinajstić information content (AvgIpc) is 3.03. The highest BCUT2D eigenvalue weighted by Gasteiger charge is 2.53. The number of rotatable bonds is 9. The largest absolute Gasteiger partial charge is 0.459 e. The summed E-state index contributed by atoms with van der Waals surface area (Å²) < 4.78 is 36.7. The first-order chi connectivity index (χ1) is 22.3. The van der Waals surface area contributed by atoms with E-state index in [4.69, 9.17) is 28.4 Å². The third-order valence-corrected chi connectivity index (χ3v) is 10.5. The SMILES string of the molecule is CCCNC(=O)O[C@H]1[C@H](C)[C@@H](O[C@@H]2O[C@H](C)C[C@H](N(C)C)[C@H]2O)[C@](C)(OC)C[C@@H](C)C(=O)[C@H](C)[C@@H](OC)[C@](C)(O)[C@@H](CC)OC(=O)[C@@H]1C. The zero-order chi connectivity index (χ0) is 36.7. The number of nitrogens with zero attached hydrogens (tertiary/aromatic N) is 1. The first kappa shape index (κ1) is 42.3. The zero-order valence-electron chi connectivity index (χ0n) is 31.5. The molecule has 0 aromatic carbocycles. The Morgan fingerprint density at radius 2 is 1.67 bits per heavy atom. The molecule has 2 rings (SSSR count). The standard InChI is InChI=1S/C35H64N2O11/c1-14-16-36-33(41)47-28-22(6)29(48-32-27(39)24(37(10)11)17-20(4)45-32)34(8,44-13)18-19(3)26(38)21(5)30(43-12)35(9,42)25(15-2)46-31(40)23(28)7/h19-25,27-30,32,39,42H,14-18H2,1-13H3,(H,36,41)/t19-,20-,21+,22+,23-,24+,25-,27-,28+,29-,30-,32+,34-,35-/m1/s1. The number of aliphatic hydroxyl groups excluding tert-OH is 1. The summed E-state index contributed by atoms with van der Waals surface area (Å²) in [7, 11) is 6.67. The molecule has 0 saturated carbocycles. The van der Waals surface area contributed by atoms with Crippen molar-refractivity contribution in [2.75, 3.05) is 34.9 Å². The number of ether oxygens (including phenoxy) is 6. The van der Waals surface area contributed by atoms with Crippen LogP contribution in [0.4, 0.5) is 4.79 Å². The summed E-state index contributed by atoms with van der Waals surface area (Å²) >= 11 is 0. The number of likely N-dealkylation sites (N-methyl/N-ethyl adjacent to an activating group) is 1. The van der Waals surface area contributed by atoms with Gasteiger partial charge in [-0.15, -0.1) is 0 Å². The summed E-state index contributed by atoms with van der Waals surface area (Å²) in [4.78, 5) is 43.0. The lowest BCUT2D eigenvalue weighted by atomic mass is 9.73. The van der Waals surface area contributed by atoms with Gasteiger partial charge in [-0.3, -0.25) is 9.59 Å². The van der Waals surface area contributed by atoms with Crippen molar-refractivity contribution in [3.8, 4) is 0 Å². The minimum atomic E-state index is -1.73. The Morgan fingerprint density at radius 3 is 2.19 bits per heavy atom. The van der Waals surface area contributed by atoms with E-state index in [1.54, 1.807) is 41.5 Å². The Morgan fingerprint density at radius 1 is 1.04 bits per heavy atom. The maximum Gasteiger partial charge on any atom is 0.407 e. The van der Waals surface area contributed by atoms with Gasteiger partial charge in [0.1, 0.15) is 29.7 Å². The van der Waals surface area contributed by atoms with Gasteiger partial charge in [-0.25, -0.2) is 4.79 Å². The molecule has 13 nitrogen and oxygen atoms in total. The molecule has 14 atom stereocenters. The van der Waals surface area contributed by atoms with Crippen LogP contribution in [0, 0.1) is 23.7 Å². The Labute approximate surface area is 287 Å². The van der Waals surface area contributed by atoms with Crippen LogP contribution in [-0.2, 0) is 38.0 Å². The van der Waals surface area contributed by atoms with Crippen molar-refractivity contribution in [3.63, 3.8) is 0 Å². The fraction of sp³-hybridized carbons (Fsp3) is 0.914. The van der Waals surface area contributed by atoms with Gasteiger partial charge >= 0.3 is 12.1 Å². The molecule has 0 bridgehead atoms. The van der Waals surface area contributed by atoms with Gasteiger partial charge in [0.15, 0.2) is 6.29 Å². The number of cyclic esters (lactones) is 1. The predicted molar refractivity (Wildman–Crippen MR) is 179 cm³/mol. The van der Waals surface area contributed by atoms with Gasteiger partial charge in [0.25, 0.3) is 0 Å². The van der Waals surface area contributed by atoms with Crippen molar-refractivity contribution >= 4 is 17.8 Å². The Bertz CT molecular complexity index is 1060. The van der Waals surface area contributed by atoms with Crippen molar-refractivity contribution in [2.24, 2.45) is 23.7 Å². The summed E-state index contributed by atoms with van der Waals surface area (Å²) in [5.74, 6) is -4.09. The lowest BCUT2D eigenvalue weighted by Gasteiger charge is -2.48. The van der Waals surface area contributed by atoms with Gasteiger partial charge in [0.2, 0.25) is 0 Å². The van der Waals surface area contributed by atoms with Crippen LogP contribution in [0.2, 0.25) is 0 Å². The quantitative estimate of drug-likeness (QED) is 0.304. The van der Waals surface area contributed by atoms with E-state index < -0.39 is 83.7 Å². The molecule has 2 saturated heterocycles. The van der Waals surface area contributed by atoms with Crippen LogP contribution in [0.3, 0.4) is 0 Å². The van der Waals surface area contributed by atoms with E-state index in [1.165, 1.54) is 21.1 Å². The third kappa shape index (κ3) is 9.67. The van der Waals surface area contributed by atoms with Crippen molar-refractivity contribution < 1.29 is 53.0 Å². The number of ketones is 1. The van der Waals surface area contributed by atoms with Gasteiger partial charge < -0.3 is 48.9 Å². The Hall–Kier alpha value is -1.87. The molecule has 0 radical (unpaired) electrons. The zero-order valence-corrected chi connectivity index (χ0v) is 31.5. The van der Waals surface area contributed by atoms with E-state index in [0.717, 1.165) is 0 Å². The highest BCUT2D eigenvalue weighted by Crippen LogP contribution is 2.40. The molecule has 280 valence electrons. The molecule has 2 heterocycles. The van der Waals surface area contributed by atoms with Crippen LogP contribution in [0.25, 0.3) is 0 Å². The number of Topliss-reactive ketones (excluding diaryl/α,β-unsaturated/α-hetero) is 1. The minimum Gasteiger partial charge on any atom is -0.459 e. The molecular weight excluding hydrogens is 624 g/mol. The molecule has 3 N–H and O–H groups in total. The topological polar surface area (TPSA) is 162 Å². The maximum absolute atomic E-state index is 14.0. The molecule has 0 aromatic rings. The summed E-state index contributed by atoms with van der Waals surface area (Å²) in [6.45, 7) is 16.1. The van der Waals surface area contributed by atoms with E-state index >= 15 is 0 Å². The van der Waals surface area contributed by atoms with Crippen LogP contribution < -0.4 is 5.32 Å². The number of nitrogens with one attached hydrogen (secondary N) is 1. The molecule has 0 aliphatic carbocycles. The maximum atomic E-state index is 14.0. The average molecular weight is 689 g/mol. The number of carbonyl (C=O) groups is 3. The second-order valence-electron chi connectivity index (χ2n) is 14.6. The number of carbonyl (C=O) groups excluding carboxylic acids is 3. The van der Waals surface area contributed by atoms with Gasteiger partial charge in [-0.05, 0) is 67.5 Å². The summed E-state index contributed by atoms with van der Waals surface area (Å²) in [6.07, 6.45) is -5.61. The van der Waals surface area contributed by atoms with Crippen LogP contribution >= 0.6 is 0 Å². The lowest BCUT2D eigenvalue weighted by molar-refractivity contribution is -0.301. The second-order valence-corrected chi connectivity index (χ2v) is 14.6. The number of esters is 1. The molecule has 0 unspecified atom stereocenters. The van der Waals surface area contributed by atoms with Gasteiger partial charge in [-0.2, -0.15) is 0 Å². The van der Waals surface area contributed by atoms with Crippen molar-refractivity contribution in [1.29, 1.82) is 0 Å². The van der Waals surface area contributed by atoms with Crippen molar-refractivity contribution in [3.05, 3.63) is 0 Å². The van der Waals surface area contributed by atoms with Crippen LogP contribution in [0.15, 0.2) is 0 Å². The smallest absolute Gasteiger partial charge is 0.407 e. The molecule has 2 aliphatic heterocycles. The summed E-state index contributed by atoms with van der Waals surface area (Å²) in [5, 5.41) is 25.9. The van der Waals surface area contributed by atoms with Crippen molar-refractivity contribution in [2.45, 2.75) is 148 Å². The third-order valence-electron chi connectivity index (χ3n) is 10.5. The fourth-order valence-electron chi connectivity index (χ4n) is 7.60. The highest BCUT2D eigenvalue weighted by molar-refractivity contribution is 5.83. The number of hydrogen-bond acceptors (Lipinski definition) is 12. The number of hydrogen-bond donors (Lipinski definition) is 3. The summed E-state index contributed by atoms with van der Waals surface area (Å²) in [6, 6.07) is -0.270. The molecular formula is C35H64N2O11. The van der Waals surface area contributed by atoms with Crippen LogP contribution in [-0.4, -0.2) is 128 Å². The van der Waals surface area contributed by atoms with Gasteiger partial charge in [0.05, 0.1) is 29.8 Å². The van der Waals surface area contributed by atoms with E-state index in [2.05, 4.69) is 5.32 Å². The van der Waals surface area contributed by atoms with Crippen LogP contribution in [0.1, 0.15) is 88.0 Å². The molecule has 2 aliphatic rings. The number of aliphatic hydroxyl groups is 2. The first-order valence-electron chi connectivity index (χ1n) is 17.4. The monoisotopic (exact) mass is 688 g/mol. The molecule has 13 heteroatoms. The molecule has 0 aromatic heterocycles. The van der Waals surface area contributed by atoms with E-state index in [9.17, 15) is 24.6 Å². The van der Waals surface area contributed by atoms with E-state index in [1.807, 2.05) is 32.8 Å². The number of amides is 1. The molecule has 2 fully saturated rings. The Kier molecular flexibility index (Phi) is 15.7. The van der Waals surface area contributed by atoms with Crippen molar-refractivity contribution in [1.82, 2.24) is 10.2 Å². The number of methoxy groups -OCH3 is 2. The minimum absolute atomic E-state index is 0.153. The molecule has 48 heavy (non-hydrogen) atoms. The van der Waals surface area contributed by atoms with Gasteiger partial charge in [0, 0.05) is 44.6 Å². The normalized spacial score (nSPS) is 42.2. The van der Waals surface area contributed by atoms with Crippen LogP contribution in [0.5, 0.6) is 0 Å². The second kappa shape index (κ2) is 17.9. The van der Waals surface area contributed by atoms with E-state index in [-0.39, 0.29) is 30.8 Å². The fourth-order valence-corrected chi connectivity index (χ4v) is 7.60. The van der Waals surface area contributed by atoms with E-state index in [0.29, 0.717) is 19.4 Å². The highest BCUT2D eigenvalue weighted by atomic mass is 16.7. The summed E-state index contributed by atoms with van der Waals surface area (Å²) in [5.41, 5.74) is -2.96. The number of alkyl carbamates (subject to hydrolysis) is 1.